The molecule has 214 valence electrons. The number of aromatic hydroxyl groups is 1. The van der Waals surface area contributed by atoms with Crippen LogP contribution in [-0.4, -0.2) is 75.8 Å². The Bertz CT molecular complexity index is 1080. The first-order valence-corrected chi connectivity index (χ1v) is 11.7. The summed E-state index contributed by atoms with van der Waals surface area (Å²) in [6.45, 7) is 0. The largest absolute Gasteiger partial charge is 0.508 e. The third kappa shape index (κ3) is 12.4. The van der Waals surface area contributed by atoms with Gasteiger partial charge in [-0.15, -0.1) is 0 Å². The number of hydrogen-bond donors (Lipinski definition) is 9. The van der Waals surface area contributed by atoms with E-state index in [-0.39, 0.29) is 37.9 Å². The second-order valence-corrected chi connectivity index (χ2v) is 8.68. The van der Waals surface area contributed by atoms with Crippen molar-refractivity contribution >= 4 is 41.4 Å². The normalized spacial score (nSPS) is 13.7. The summed E-state index contributed by atoms with van der Waals surface area (Å²) in [6, 6.07) is -0.236. The van der Waals surface area contributed by atoms with E-state index in [9.17, 15) is 43.8 Å². The highest BCUT2D eigenvalue weighted by Gasteiger charge is 2.31. The van der Waals surface area contributed by atoms with Crippen molar-refractivity contribution < 1.29 is 43.8 Å². The summed E-state index contributed by atoms with van der Waals surface area (Å²) in [7, 11) is 0. The van der Waals surface area contributed by atoms with E-state index in [1.165, 1.54) is 24.3 Å². The molecule has 0 radical (unpaired) electrons. The number of carboxylic acid groups (broad SMARTS) is 1. The highest BCUT2D eigenvalue weighted by atomic mass is 16.4. The van der Waals surface area contributed by atoms with Crippen LogP contribution in [0, 0.1) is 0 Å². The topological polar surface area (TPSA) is 300 Å². The molecule has 6 amide bonds. The molecule has 1 aromatic rings. The molecular formula is C23H33N7O9. The number of nitrogens with one attached hydrogen (secondary N) is 3. The maximum absolute atomic E-state index is 13.0. The summed E-state index contributed by atoms with van der Waals surface area (Å²) < 4.78 is 0. The van der Waals surface area contributed by atoms with Crippen molar-refractivity contribution in [3.05, 3.63) is 29.8 Å². The molecule has 0 heterocycles. The van der Waals surface area contributed by atoms with E-state index < -0.39 is 72.0 Å². The number of nitrogens with two attached hydrogens (primary N) is 4. The van der Waals surface area contributed by atoms with E-state index in [1.807, 2.05) is 0 Å². The Morgan fingerprint density at radius 3 is 1.69 bits per heavy atom. The van der Waals surface area contributed by atoms with Crippen LogP contribution in [0.5, 0.6) is 5.75 Å². The van der Waals surface area contributed by atoms with E-state index >= 15 is 0 Å². The number of carboxylic acids is 1. The number of phenolic OH excluding ortho intramolecular Hbond substituents is 1. The predicted octanol–water partition coefficient (Wildman–Crippen LogP) is -3.79. The highest BCUT2D eigenvalue weighted by molar-refractivity contribution is 5.96. The average molecular weight is 552 g/mol. The molecule has 4 atom stereocenters. The van der Waals surface area contributed by atoms with Crippen molar-refractivity contribution in [3.63, 3.8) is 0 Å². The third-order valence-electron chi connectivity index (χ3n) is 5.38. The number of carbonyl (C=O) groups excluding carboxylic acids is 6. The zero-order valence-electron chi connectivity index (χ0n) is 20.9. The van der Waals surface area contributed by atoms with Crippen molar-refractivity contribution in [1.29, 1.82) is 0 Å². The quantitative estimate of drug-likeness (QED) is 0.0909. The number of carbonyl (C=O) groups is 7. The molecule has 0 bridgehead atoms. The summed E-state index contributed by atoms with van der Waals surface area (Å²) in [6.07, 6.45) is -1.95. The van der Waals surface area contributed by atoms with Crippen LogP contribution in [0.25, 0.3) is 0 Å². The van der Waals surface area contributed by atoms with Crippen LogP contribution in [0.4, 0.5) is 0 Å². The lowest BCUT2D eigenvalue weighted by Gasteiger charge is -2.24. The summed E-state index contributed by atoms with van der Waals surface area (Å²) in [5.74, 6) is -6.91. The van der Waals surface area contributed by atoms with Crippen LogP contribution in [-0.2, 0) is 40.0 Å². The van der Waals surface area contributed by atoms with Crippen molar-refractivity contribution in [2.75, 3.05) is 0 Å². The lowest BCUT2D eigenvalue weighted by Crippen LogP contribution is -2.58. The Balaban J connectivity index is 3.05. The minimum atomic E-state index is -1.59. The minimum Gasteiger partial charge on any atom is -0.508 e. The van der Waals surface area contributed by atoms with Gasteiger partial charge in [-0.3, -0.25) is 28.8 Å². The summed E-state index contributed by atoms with van der Waals surface area (Å²) >= 11 is 0. The number of aliphatic carboxylic acids is 1. The van der Waals surface area contributed by atoms with Gasteiger partial charge in [-0.25, -0.2) is 4.79 Å². The molecule has 0 spiro atoms. The molecule has 0 aromatic heterocycles. The van der Waals surface area contributed by atoms with Gasteiger partial charge in [0, 0.05) is 19.3 Å². The first-order valence-electron chi connectivity index (χ1n) is 11.7. The average Bonchev–Trinajstić information content (AvgIpc) is 2.84. The van der Waals surface area contributed by atoms with Crippen molar-refractivity contribution in [1.82, 2.24) is 16.0 Å². The molecule has 1 rings (SSSR count). The molecule has 0 saturated carbocycles. The maximum Gasteiger partial charge on any atom is 0.326 e. The molecule has 4 unspecified atom stereocenters. The van der Waals surface area contributed by atoms with Gasteiger partial charge in [-0.2, -0.15) is 0 Å². The lowest BCUT2D eigenvalue weighted by atomic mass is 10.0. The van der Waals surface area contributed by atoms with E-state index in [0.717, 1.165) is 0 Å². The number of primary amides is 3. The number of phenols is 1. The number of hydrogen-bond acceptors (Lipinski definition) is 9. The second-order valence-electron chi connectivity index (χ2n) is 8.68. The number of benzene rings is 1. The monoisotopic (exact) mass is 551 g/mol. The zero-order valence-corrected chi connectivity index (χ0v) is 20.9. The molecular weight excluding hydrogens is 518 g/mol. The Morgan fingerprint density at radius 1 is 0.692 bits per heavy atom. The fourth-order valence-corrected chi connectivity index (χ4v) is 3.29. The number of rotatable bonds is 17. The van der Waals surface area contributed by atoms with Crippen LogP contribution >= 0.6 is 0 Å². The summed E-state index contributed by atoms with van der Waals surface area (Å²) in [5, 5.41) is 25.7. The summed E-state index contributed by atoms with van der Waals surface area (Å²) in [4.78, 5) is 83.7. The second kappa shape index (κ2) is 15.5. The smallest absolute Gasteiger partial charge is 0.326 e. The molecule has 0 fully saturated rings. The molecule has 39 heavy (non-hydrogen) atoms. The first-order chi connectivity index (χ1) is 18.2. The van der Waals surface area contributed by atoms with Crippen LogP contribution < -0.4 is 38.9 Å². The standard InChI is InChI=1S/C23H33N7O9/c24-13(5-7-17(25)32)20(35)29-15(10-19(27)34)22(37)28-14(6-8-18(26)33)21(36)30-16(23(38)39)9-11-1-3-12(31)4-2-11/h1-4,13-16,31H,5-10,24H2,(H2,25,32)(H2,26,33)(H2,27,34)(H,28,37)(H,29,35)(H,30,36)(H,38,39). The molecule has 0 saturated heterocycles. The van der Waals surface area contributed by atoms with Gasteiger partial charge < -0.3 is 49.1 Å². The molecule has 0 aliphatic carbocycles. The summed E-state index contributed by atoms with van der Waals surface area (Å²) in [5.41, 5.74) is 21.5. The highest BCUT2D eigenvalue weighted by Crippen LogP contribution is 2.12. The molecule has 13 N–H and O–H groups in total. The lowest BCUT2D eigenvalue weighted by molar-refractivity contribution is -0.142. The van der Waals surface area contributed by atoms with Crippen molar-refractivity contribution in [2.24, 2.45) is 22.9 Å². The fraction of sp³-hybridized carbons (Fsp3) is 0.435. The molecule has 1 aromatic carbocycles. The molecule has 0 aliphatic heterocycles. The van der Waals surface area contributed by atoms with Crippen molar-refractivity contribution in [2.45, 2.75) is 62.7 Å². The first kappa shape index (κ1) is 32.3. The van der Waals surface area contributed by atoms with Crippen LogP contribution in [0.1, 0.15) is 37.7 Å². The Morgan fingerprint density at radius 2 is 1.18 bits per heavy atom. The molecule has 16 heteroatoms. The van der Waals surface area contributed by atoms with Crippen LogP contribution in [0.2, 0.25) is 0 Å². The molecule has 0 aliphatic rings. The van der Waals surface area contributed by atoms with Gasteiger partial charge in [0.25, 0.3) is 0 Å². The Labute approximate surface area is 222 Å². The minimum absolute atomic E-state index is 0.0460. The molecule has 16 nitrogen and oxygen atoms in total. The predicted molar refractivity (Wildman–Crippen MR) is 134 cm³/mol. The van der Waals surface area contributed by atoms with Gasteiger partial charge in [-0.05, 0) is 30.5 Å². The van der Waals surface area contributed by atoms with Gasteiger partial charge in [0.2, 0.25) is 35.4 Å². The Kier molecular flexibility index (Phi) is 12.8. The SMILES string of the molecule is NC(=O)CCC(N)C(=O)NC(CC(N)=O)C(=O)NC(CCC(N)=O)C(=O)NC(Cc1ccc(O)cc1)C(=O)O. The van der Waals surface area contributed by atoms with E-state index in [1.54, 1.807) is 0 Å². The van der Waals surface area contributed by atoms with E-state index in [4.69, 9.17) is 22.9 Å². The van der Waals surface area contributed by atoms with E-state index in [2.05, 4.69) is 16.0 Å². The maximum atomic E-state index is 13.0. The third-order valence-corrected chi connectivity index (χ3v) is 5.38. The zero-order chi connectivity index (χ0) is 29.7. The number of amides is 6. The fourth-order valence-electron chi connectivity index (χ4n) is 3.29. The van der Waals surface area contributed by atoms with Gasteiger partial charge >= 0.3 is 5.97 Å². The van der Waals surface area contributed by atoms with Gasteiger partial charge in [0.1, 0.15) is 23.9 Å². The Hall–Kier alpha value is -4.73. The van der Waals surface area contributed by atoms with Gasteiger partial charge in [-0.1, -0.05) is 12.1 Å². The van der Waals surface area contributed by atoms with Gasteiger partial charge in [0.15, 0.2) is 0 Å². The van der Waals surface area contributed by atoms with Crippen molar-refractivity contribution in [3.8, 4) is 5.75 Å². The van der Waals surface area contributed by atoms with Crippen LogP contribution in [0.3, 0.4) is 0 Å². The van der Waals surface area contributed by atoms with E-state index in [0.29, 0.717) is 5.56 Å². The van der Waals surface area contributed by atoms with Gasteiger partial charge in [0.05, 0.1) is 12.5 Å². The van der Waals surface area contributed by atoms with Crippen LogP contribution in [0.15, 0.2) is 24.3 Å².